The largest absolute Gasteiger partial charge is 0.504 e. The van der Waals surface area contributed by atoms with Gasteiger partial charge in [-0.25, -0.2) is 0 Å². The number of hydrogen-bond acceptors (Lipinski definition) is 4. The minimum absolute atomic E-state index is 0.107. The summed E-state index contributed by atoms with van der Waals surface area (Å²) in [5.41, 5.74) is 5.22. The summed E-state index contributed by atoms with van der Waals surface area (Å²) in [4.78, 5) is 0. The molecule has 3 aromatic carbocycles. The van der Waals surface area contributed by atoms with Crippen LogP contribution >= 0.6 is 15.9 Å². The number of nitrogens with one attached hydrogen (secondary N) is 2. The Morgan fingerprint density at radius 2 is 1.80 bits per heavy atom. The molecule has 1 aliphatic heterocycles. The van der Waals surface area contributed by atoms with Crippen LogP contribution in [0.2, 0.25) is 0 Å². The Balaban J connectivity index is 1.77. The molecule has 30 heavy (non-hydrogen) atoms. The van der Waals surface area contributed by atoms with E-state index in [0.29, 0.717) is 12.4 Å². The van der Waals surface area contributed by atoms with Crippen LogP contribution in [0.15, 0.2) is 77.3 Å². The van der Waals surface area contributed by atoms with Gasteiger partial charge in [0.1, 0.15) is 6.17 Å². The van der Waals surface area contributed by atoms with Gasteiger partial charge in [-0.1, -0.05) is 70.0 Å². The van der Waals surface area contributed by atoms with Gasteiger partial charge in [0.25, 0.3) is 0 Å². The zero-order valence-corrected chi connectivity index (χ0v) is 18.6. The van der Waals surface area contributed by atoms with Gasteiger partial charge in [-0.2, -0.15) is 0 Å². The van der Waals surface area contributed by atoms with E-state index in [9.17, 15) is 5.11 Å². The molecule has 0 fully saturated rings. The third-order valence-electron chi connectivity index (χ3n) is 5.19. The molecule has 5 heteroatoms. The standard InChI is InChI=1S/C25H25BrN2O2/c1-3-30-23-9-5-8-20(24(23)29)22-15-21(18-6-4-7-19(26)14-18)27-25(28-22)17-12-10-16(2)11-13-17/h4-15,22,25,27-29H,3H2,1-2H3. The number of phenols is 1. The Morgan fingerprint density at radius 3 is 2.53 bits per heavy atom. The van der Waals surface area contributed by atoms with E-state index in [1.807, 2.05) is 31.2 Å². The minimum atomic E-state index is -0.188. The number of ether oxygens (including phenoxy) is 1. The number of aryl methyl sites for hydroxylation is 1. The maximum atomic E-state index is 10.8. The number of halogens is 1. The van der Waals surface area contributed by atoms with Crippen LogP contribution in [0.3, 0.4) is 0 Å². The lowest BCUT2D eigenvalue weighted by Gasteiger charge is -2.33. The monoisotopic (exact) mass is 464 g/mol. The Hall–Kier alpha value is -2.76. The lowest BCUT2D eigenvalue weighted by molar-refractivity contribution is 0.314. The second kappa shape index (κ2) is 8.94. The van der Waals surface area contributed by atoms with Crippen molar-refractivity contribution in [3.05, 3.63) is 99.5 Å². The molecule has 0 saturated heterocycles. The molecule has 2 atom stereocenters. The average Bonchev–Trinajstić information content (AvgIpc) is 2.75. The van der Waals surface area contributed by atoms with E-state index in [-0.39, 0.29) is 18.0 Å². The van der Waals surface area contributed by atoms with Crippen molar-refractivity contribution >= 4 is 21.6 Å². The van der Waals surface area contributed by atoms with Crippen LogP contribution in [0.5, 0.6) is 11.5 Å². The predicted molar refractivity (Wildman–Crippen MR) is 124 cm³/mol. The van der Waals surface area contributed by atoms with Crippen LogP contribution in [0.25, 0.3) is 5.70 Å². The van der Waals surface area contributed by atoms with E-state index in [0.717, 1.165) is 26.9 Å². The quantitative estimate of drug-likeness (QED) is 0.444. The Morgan fingerprint density at radius 1 is 1.03 bits per heavy atom. The van der Waals surface area contributed by atoms with Crippen LogP contribution in [-0.4, -0.2) is 11.7 Å². The molecule has 1 heterocycles. The third kappa shape index (κ3) is 4.37. The molecular weight excluding hydrogens is 440 g/mol. The van der Waals surface area contributed by atoms with Gasteiger partial charge in [0.15, 0.2) is 11.5 Å². The van der Waals surface area contributed by atoms with Gasteiger partial charge in [0, 0.05) is 15.7 Å². The third-order valence-corrected chi connectivity index (χ3v) is 5.68. The molecule has 2 unspecified atom stereocenters. The van der Waals surface area contributed by atoms with Gasteiger partial charge in [0.2, 0.25) is 0 Å². The predicted octanol–water partition coefficient (Wildman–Crippen LogP) is 5.84. The van der Waals surface area contributed by atoms with E-state index < -0.39 is 0 Å². The van der Waals surface area contributed by atoms with E-state index in [2.05, 4.69) is 76.0 Å². The van der Waals surface area contributed by atoms with E-state index >= 15 is 0 Å². The van der Waals surface area contributed by atoms with Gasteiger partial charge in [-0.3, -0.25) is 5.32 Å². The fourth-order valence-corrected chi connectivity index (χ4v) is 4.05. The lowest BCUT2D eigenvalue weighted by Crippen LogP contribution is -2.39. The molecule has 154 valence electrons. The molecule has 3 aromatic rings. The van der Waals surface area contributed by atoms with Crippen LogP contribution in [-0.2, 0) is 0 Å². The first-order valence-corrected chi connectivity index (χ1v) is 10.9. The fraction of sp³-hybridized carbons (Fsp3) is 0.200. The number of aromatic hydroxyl groups is 1. The van der Waals surface area contributed by atoms with Crippen molar-refractivity contribution in [3.8, 4) is 11.5 Å². The first-order chi connectivity index (χ1) is 14.5. The maximum absolute atomic E-state index is 10.8. The molecule has 1 aliphatic rings. The first-order valence-electron chi connectivity index (χ1n) is 10.1. The van der Waals surface area contributed by atoms with Gasteiger partial charge in [-0.15, -0.1) is 0 Å². The molecule has 0 radical (unpaired) electrons. The molecule has 0 bridgehead atoms. The molecule has 0 amide bonds. The maximum Gasteiger partial charge on any atom is 0.162 e. The van der Waals surface area contributed by atoms with Gasteiger partial charge in [0.05, 0.1) is 12.6 Å². The molecule has 4 nitrogen and oxygen atoms in total. The molecule has 0 aliphatic carbocycles. The summed E-state index contributed by atoms with van der Waals surface area (Å²) in [7, 11) is 0. The van der Waals surface area contributed by atoms with Crippen molar-refractivity contribution in [2.45, 2.75) is 26.1 Å². The van der Waals surface area contributed by atoms with E-state index in [4.69, 9.17) is 4.74 Å². The highest BCUT2D eigenvalue weighted by atomic mass is 79.9. The number of phenolic OH excluding ortho intramolecular Hbond substituents is 1. The smallest absolute Gasteiger partial charge is 0.162 e. The zero-order chi connectivity index (χ0) is 21.1. The van der Waals surface area contributed by atoms with E-state index in [1.54, 1.807) is 6.07 Å². The number of para-hydroxylation sites is 1. The molecule has 3 N–H and O–H groups in total. The topological polar surface area (TPSA) is 53.5 Å². The Kier molecular flexibility index (Phi) is 6.11. The van der Waals surface area contributed by atoms with Crippen molar-refractivity contribution < 1.29 is 9.84 Å². The molecule has 0 saturated carbocycles. The number of hydrogen-bond donors (Lipinski definition) is 3. The molecule has 0 aromatic heterocycles. The van der Waals surface area contributed by atoms with Gasteiger partial charge >= 0.3 is 0 Å². The summed E-state index contributed by atoms with van der Waals surface area (Å²) in [6.07, 6.45) is 2.00. The van der Waals surface area contributed by atoms with Crippen LogP contribution in [0, 0.1) is 6.92 Å². The molecular formula is C25H25BrN2O2. The second-order valence-corrected chi connectivity index (χ2v) is 8.27. The van der Waals surface area contributed by atoms with Crippen LogP contribution < -0.4 is 15.4 Å². The van der Waals surface area contributed by atoms with Crippen molar-refractivity contribution in [1.29, 1.82) is 0 Å². The summed E-state index contributed by atoms with van der Waals surface area (Å²) in [6.45, 7) is 4.49. The highest BCUT2D eigenvalue weighted by molar-refractivity contribution is 9.10. The number of rotatable bonds is 5. The Bertz CT molecular complexity index is 1060. The SMILES string of the molecule is CCOc1cccc(C2C=C(c3cccc(Br)c3)NC(c3ccc(C)cc3)N2)c1O. The average molecular weight is 465 g/mol. The highest BCUT2D eigenvalue weighted by Crippen LogP contribution is 2.38. The van der Waals surface area contributed by atoms with Crippen molar-refractivity contribution in [3.63, 3.8) is 0 Å². The lowest BCUT2D eigenvalue weighted by atomic mass is 9.97. The van der Waals surface area contributed by atoms with Crippen LogP contribution in [0.4, 0.5) is 0 Å². The normalized spacial score (nSPS) is 18.4. The summed E-state index contributed by atoms with van der Waals surface area (Å²) in [5.74, 6) is 0.672. The highest BCUT2D eigenvalue weighted by Gasteiger charge is 2.26. The van der Waals surface area contributed by atoms with Crippen LogP contribution in [0.1, 0.15) is 41.4 Å². The summed E-state index contributed by atoms with van der Waals surface area (Å²) in [5, 5.41) is 18.1. The Labute approximate surface area is 185 Å². The first kappa shape index (κ1) is 20.5. The van der Waals surface area contributed by atoms with Crippen molar-refractivity contribution in [2.75, 3.05) is 6.61 Å². The van der Waals surface area contributed by atoms with Gasteiger partial charge < -0.3 is 15.2 Å². The summed E-state index contributed by atoms with van der Waals surface area (Å²) >= 11 is 3.57. The number of benzene rings is 3. The van der Waals surface area contributed by atoms with Crippen molar-refractivity contribution in [1.82, 2.24) is 10.6 Å². The zero-order valence-electron chi connectivity index (χ0n) is 17.0. The summed E-state index contributed by atoms with van der Waals surface area (Å²) in [6, 6.07) is 22.1. The minimum Gasteiger partial charge on any atom is -0.504 e. The fourth-order valence-electron chi connectivity index (χ4n) is 3.66. The molecule has 0 spiro atoms. The van der Waals surface area contributed by atoms with Gasteiger partial charge in [-0.05, 0) is 49.2 Å². The summed E-state index contributed by atoms with van der Waals surface area (Å²) < 4.78 is 6.62. The molecule has 4 rings (SSSR count). The van der Waals surface area contributed by atoms with E-state index in [1.165, 1.54) is 5.56 Å². The second-order valence-electron chi connectivity index (χ2n) is 7.35. The van der Waals surface area contributed by atoms with Crippen molar-refractivity contribution in [2.24, 2.45) is 0 Å².